The van der Waals surface area contributed by atoms with E-state index in [1.165, 1.54) is 4.88 Å². The zero-order valence-electron chi connectivity index (χ0n) is 15.9. The molecule has 3 aromatic rings. The molecule has 0 saturated heterocycles. The minimum Gasteiger partial charge on any atom is -0.486 e. The van der Waals surface area contributed by atoms with E-state index in [9.17, 15) is 4.79 Å². The molecule has 6 rings (SSSR count). The normalized spacial score (nSPS) is 22.5. The van der Waals surface area contributed by atoms with Crippen molar-refractivity contribution in [2.75, 3.05) is 23.8 Å². The van der Waals surface area contributed by atoms with Crippen LogP contribution in [0.1, 0.15) is 35.2 Å². The molecule has 4 heterocycles. The Bertz CT molecular complexity index is 1150. The number of allylic oxidation sites excluding steroid dienone is 1. The summed E-state index contributed by atoms with van der Waals surface area (Å²) < 4.78 is 16.3. The molecule has 2 aliphatic heterocycles. The lowest BCUT2D eigenvalue weighted by atomic mass is 9.81. The highest BCUT2D eigenvalue weighted by molar-refractivity contribution is 7.10. The topological polar surface area (TPSA) is 98.5 Å². The summed E-state index contributed by atoms with van der Waals surface area (Å²) in [5, 5.41) is 16.6. The summed E-state index contributed by atoms with van der Waals surface area (Å²) in [6.45, 7) is 1.03. The zero-order chi connectivity index (χ0) is 20.1. The first kappa shape index (κ1) is 17.5. The molecule has 0 spiro atoms. The second-order valence-electron chi connectivity index (χ2n) is 7.50. The summed E-state index contributed by atoms with van der Waals surface area (Å²) in [6, 6.07) is 9.47. The second-order valence-corrected chi connectivity index (χ2v) is 8.48. The number of hydrogen-bond donors (Lipinski definition) is 2. The number of anilines is 2. The third kappa shape index (κ3) is 2.85. The Morgan fingerprint density at radius 1 is 1.03 bits per heavy atom. The molecule has 0 fully saturated rings. The second kappa shape index (κ2) is 6.88. The first-order chi connectivity index (χ1) is 14.8. The van der Waals surface area contributed by atoms with Crippen molar-refractivity contribution in [1.82, 2.24) is 10.3 Å². The standard InChI is InChI=1S/C21H18N4O4S/c26-14-9-12(17-2-1-7-30-17)8-13-18(14)19(23-21-20(22-13)24-29-25-21)11-3-4-15-16(10-11)28-6-5-27-15/h1-4,7,10,12,19H,5-6,8-9H2,(H,22,24)(H,23,25)/t12-,19-/m1/s1. The van der Waals surface area contributed by atoms with Gasteiger partial charge in [-0.05, 0) is 45.9 Å². The fourth-order valence-electron chi connectivity index (χ4n) is 4.32. The number of thiophene rings is 1. The number of fused-ring (bicyclic) bond motifs is 2. The van der Waals surface area contributed by atoms with E-state index in [0.717, 1.165) is 17.7 Å². The van der Waals surface area contributed by atoms with Gasteiger partial charge in [-0.2, -0.15) is 0 Å². The number of nitrogens with one attached hydrogen (secondary N) is 2. The molecule has 9 heteroatoms. The van der Waals surface area contributed by atoms with Crippen LogP contribution in [-0.2, 0) is 4.79 Å². The number of benzene rings is 1. The van der Waals surface area contributed by atoms with E-state index in [4.69, 9.17) is 14.1 Å². The molecule has 2 atom stereocenters. The largest absolute Gasteiger partial charge is 0.486 e. The summed E-state index contributed by atoms with van der Waals surface area (Å²) in [6.07, 6.45) is 1.19. The first-order valence-corrected chi connectivity index (χ1v) is 10.7. The quantitative estimate of drug-likeness (QED) is 0.642. The van der Waals surface area contributed by atoms with Gasteiger partial charge in [0.25, 0.3) is 0 Å². The van der Waals surface area contributed by atoms with Gasteiger partial charge in [0.1, 0.15) is 13.2 Å². The van der Waals surface area contributed by atoms with Crippen molar-refractivity contribution in [1.29, 1.82) is 0 Å². The SMILES string of the molecule is O=C1C[C@H](c2cccs2)CC2=C1[C@@H](c1ccc3c(c1)OCCO3)Nc1nonc1N2. The van der Waals surface area contributed by atoms with Crippen LogP contribution in [0.25, 0.3) is 0 Å². The van der Waals surface area contributed by atoms with E-state index in [2.05, 4.69) is 27.0 Å². The minimum atomic E-state index is -0.395. The van der Waals surface area contributed by atoms with E-state index in [-0.39, 0.29) is 11.7 Å². The van der Waals surface area contributed by atoms with Gasteiger partial charge < -0.3 is 20.1 Å². The van der Waals surface area contributed by atoms with Gasteiger partial charge in [-0.1, -0.05) is 12.1 Å². The number of ketones is 1. The molecule has 0 radical (unpaired) electrons. The van der Waals surface area contributed by atoms with Crippen molar-refractivity contribution < 1.29 is 18.9 Å². The van der Waals surface area contributed by atoms with Gasteiger partial charge >= 0.3 is 0 Å². The van der Waals surface area contributed by atoms with Crippen LogP contribution in [0.15, 0.2) is 51.6 Å². The van der Waals surface area contributed by atoms with Gasteiger partial charge in [-0.25, -0.2) is 4.63 Å². The summed E-state index contributed by atoms with van der Waals surface area (Å²) in [5.74, 6) is 2.61. The highest BCUT2D eigenvalue weighted by atomic mass is 32.1. The van der Waals surface area contributed by atoms with Crippen molar-refractivity contribution in [2.45, 2.75) is 24.8 Å². The van der Waals surface area contributed by atoms with Gasteiger partial charge in [-0.3, -0.25) is 4.79 Å². The number of aromatic nitrogens is 2. The molecule has 8 nitrogen and oxygen atoms in total. The number of carbonyl (C=O) groups excluding carboxylic acids is 1. The van der Waals surface area contributed by atoms with Crippen LogP contribution in [0, 0.1) is 0 Å². The van der Waals surface area contributed by atoms with Crippen molar-refractivity contribution in [3.63, 3.8) is 0 Å². The molecule has 0 unspecified atom stereocenters. The van der Waals surface area contributed by atoms with Gasteiger partial charge in [0, 0.05) is 28.5 Å². The van der Waals surface area contributed by atoms with E-state index in [1.54, 1.807) is 11.3 Å². The van der Waals surface area contributed by atoms with Crippen molar-refractivity contribution in [3.05, 3.63) is 57.4 Å². The van der Waals surface area contributed by atoms with Crippen LogP contribution < -0.4 is 20.1 Å². The van der Waals surface area contributed by atoms with Crippen LogP contribution in [0.3, 0.4) is 0 Å². The lowest BCUT2D eigenvalue weighted by molar-refractivity contribution is -0.116. The van der Waals surface area contributed by atoms with Crippen molar-refractivity contribution >= 4 is 28.8 Å². The molecule has 30 heavy (non-hydrogen) atoms. The maximum Gasteiger partial charge on any atom is 0.219 e. The summed E-state index contributed by atoms with van der Waals surface area (Å²) >= 11 is 1.68. The van der Waals surface area contributed by atoms with Gasteiger partial charge in [0.15, 0.2) is 17.3 Å². The summed E-state index contributed by atoms with van der Waals surface area (Å²) in [5.41, 5.74) is 2.46. The van der Waals surface area contributed by atoms with E-state index < -0.39 is 6.04 Å². The molecule has 0 amide bonds. The molecular weight excluding hydrogens is 404 g/mol. The molecule has 0 saturated carbocycles. The van der Waals surface area contributed by atoms with Crippen LogP contribution >= 0.6 is 11.3 Å². The molecule has 152 valence electrons. The molecule has 2 N–H and O–H groups in total. The molecular formula is C21H18N4O4S. The molecule has 1 aromatic carbocycles. The third-order valence-electron chi connectivity index (χ3n) is 5.68. The van der Waals surface area contributed by atoms with Crippen LogP contribution in [0.4, 0.5) is 11.6 Å². The lowest BCUT2D eigenvalue weighted by Gasteiger charge is -2.29. The monoisotopic (exact) mass is 422 g/mol. The minimum absolute atomic E-state index is 0.108. The Morgan fingerprint density at radius 3 is 2.77 bits per heavy atom. The number of hydrogen-bond acceptors (Lipinski definition) is 9. The zero-order valence-corrected chi connectivity index (χ0v) is 16.7. The third-order valence-corrected chi connectivity index (χ3v) is 6.72. The number of Topliss-reactive ketones (excluding diaryl/α,β-unsaturated/α-hetero) is 1. The first-order valence-electron chi connectivity index (χ1n) is 9.81. The van der Waals surface area contributed by atoms with Gasteiger partial charge in [0.2, 0.25) is 11.6 Å². The van der Waals surface area contributed by atoms with Crippen molar-refractivity contribution in [3.8, 4) is 11.5 Å². The van der Waals surface area contributed by atoms with E-state index >= 15 is 0 Å². The fourth-order valence-corrected chi connectivity index (χ4v) is 5.15. The molecule has 1 aliphatic carbocycles. The molecule has 0 bridgehead atoms. The van der Waals surface area contributed by atoms with Crippen LogP contribution in [0.5, 0.6) is 11.5 Å². The molecule has 2 aromatic heterocycles. The summed E-state index contributed by atoms with van der Waals surface area (Å²) in [7, 11) is 0. The smallest absolute Gasteiger partial charge is 0.219 e. The Labute approximate surface area is 175 Å². The van der Waals surface area contributed by atoms with Crippen molar-refractivity contribution in [2.24, 2.45) is 0 Å². The molecule has 3 aliphatic rings. The van der Waals surface area contributed by atoms with Gasteiger partial charge in [-0.15, -0.1) is 11.3 Å². The predicted molar refractivity (Wildman–Crippen MR) is 110 cm³/mol. The number of ether oxygens (including phenoxy) is 2. The Morgan fingerprint density at radius 2 is 1.90 bits per heavy atom. The van der Waals surface area contributed by atoms with Crippen LogP contribution in [0.2, 0.25) is 0 Å². The van der Waals surface area contributed by atoms with E-state index in [1.807, 2.05) is 29.6 Å². The highest BCUT2D eigenvalue weighted by Gasteiger charge is 2.38. The average molecular weight is 422 g/mol. The number of carbonyl (C=O) groups is 1. The van der Waals surface area contributed by atoms with Gasteiger partial charge in [0.05, 0.1) is 6.04 Å². The highest BCUT2D eigenvalue weighted by Crippen LogP contribution is 2.45. The number of nitrogens with zero attached hydrogens (tertiary/aromatic N) is 2. The maximum absolute atomic E-state index is 13.4. The summed E-state index contributed by atoms with van der Waals surface area (Å²) in [4.78, 5) is 14.6. The predicted octanol–water partition coefficient (Wildman–Crippen LogP) is 3.88. The maximum atomic E-state index is 13.4. The average Bonchev–Trinajstić information content (AvgIpc) is 3.42. The van der Waals surface area contributed by atoms with Crippen LogP contribution in [-0.4, -0.2) is 29.3 Å². The lowest BCUT2D eigenvalue weighted by Crippen LogP contribution is -2.27. The Hall–Kier alpha value is -3.33. The fraction of sp³-hybridized carbons (Fsp3) is 0.286. The Balaban J connectivity index is 1.45. The van der Waals surface area contributed by atoms with E-state index in [0.29, 0.717) is 48.3 Å². The Kier molecular flexibility index (Phi) is 4.02. The number of rotatable bonds is 2.